The fourth-order valence-electron chi connectivity index (χ4n) is 3.29. The fraction of sp³-hybridized carbons (Fsp3) is 0.500. The molecule has 0 unspecified atom stereocenters. The molecular formula is C20H27N5O3. The number of fused-ring (bicyclic) bond motifs is 1. The van der Waals surface area contributed by atoms with Gasteiger partial charge >= 0.3 is 0 Å². The van der Waals surface area contributed by atoms with Crippen molar-refractivity contribution in [2.45, 2.75) is 52.8 Å². The first-order chi connectivity index (χ1) is 13.4. The number of hydrogen-bond acceptors (Lipinski definition) is 5. The summed E-state index contributed by atoms with van der Waals surface area (Å²) in [6, 6.07) is 3.68. The molecule has 2 aromatic rings. The van der Waals surface area contributed by atoms with Crippen LogP contribution in [0.1, 0.15) is 48.8 Å². The Labute approximate surface area is 164 Å². The van der Waals surface area contributed by atoms with Crippen molar-refractivity contribution in [2.75, 3.05) is 6.54 Å². The standard InChI is InChI=1S/C20H27N5O3/c1-13(2)28-19-9-15(4-6-21-19)11-23-20(27)17-12-24-25-7-5-16(8-18(17)25)10-22-14(3)26/h4,6,9,12-13,16H,5,7-8,10-11H2,1-3H3,(H,22,26)(H,23,27)/t16-/m0/s1. The van der Waals surface area contributed by atoms with Gasteiger partial charge in [0, 0.05) is 38.8 Å². The first-order valence-electron chi connectivity index (χ1n) is 9.61. The maximum Gasteiger partial charge on any atom is 0.255 e. The van der Waals surface area contributed by atoms with E-state index >= 15 is 0 Å². The van der Waals surface area contributed by atoms with Crippen LogP contribution in [0.4, 0.5) is 0 Å². The van der Waals surface area contributed by atoms with Crippen molar-refractivity contribution in [3.05, 3.63) is 41.3 Å². The molecule has 1 atom stereocenters. The Balaban J connectivity index is 1.62. The van der Waals surface area contributed by atoms with Crippen molar-refractivity contribution in [2.24, 2.45) is 5.92 Å². The SMILES string of the molecule is CC(=O)NC[C@H]1CCn2ncc(C(=O)NCc3ccnc(OC(C)C)c3)c2C1. The zero-order valence-electron chi connectivity index (χ0n) is 16.6. The summed E-state index contributed by atoms with van der Waals surface area (Å²) in [6.45, 7) is 7.17. The molecule has 0 spiro atoms. The van der Waals surface area contributed by atoms with Gasteiger partial charge in [0.05, 0.1) is 23.6 Å². The van der Waals surface area contributed by atoms with Crippen LogP contribution in [0.5, 0.6) is 5.88 Å². The molecule has 0 bridgehead atoms. The number of pyridine rings is 1. The molecule has 0 aliphatic carbocycles. The second-order valence-corrected chi connectivity index (χ2v) is 7.38. The molecule has 2 aromatic heterocycles. The molecule has 3 heterocycles. The summed E-state index contributed by atoms with van der Waals surface area (Å²) in [7, 11) is 0. The number of carbonyl (C=O) groups is 2. The molecular weight excluding hydrogens is 358 g/mol. The van der Waals surface area contributed by atoms with Gasteiger partial charge in [-0.3, -0.25) is 14.3 Å². The van der Waals surface area contributed by atoms with E-state index in [1.165, 1.54) is 6.92 Å². The van der Waals surface area contributed by atoms with Crippen LogP contribution in [0.3, 0.4) is 0 Å². The molecule has 150 valence electrons. The molecule has 3 rings (SSSR count). The van der Waals surface area contributed by atoms with Crippen LogP contribution >= 0.6 is 0 Å². The number of carbonyl (C=O) groups excluding carboxylic acids is 2. The Hall–Kier alpha value is -2.90. The van der Waals surface area contributed by atoms with Crippen molar-refractivity contribution < 1.29 is 14.3 Å². The minimum Gasteiger partial charge on any atom is -0.475 e. The van der Waals surface area contributed by atoms with Crippen molar-refractivity contribution in [1.29, 1.82) is 0 Å². The van der Waals surface area contributed by atoms with Gasteiger partial charge in [-0.05, 0) is 44.2 Å². The third-order valence-corrected chi connectivity index (χ3v) is 4.67. The summed E-state index contributed by atoms with van der Waals surface area (Å²) in [6.07, 6.45) is 5.01. The summed E-state index contributed by atoms with van der Waals surface area (Å²) in [5, 5.41) is 10.2. The predicted octanol–water partition coefficient (Wildman–Crippen LogP) is 1.69. The Kier molecular flexibility index (Phi) is 6.28. The fourth-order valence-corrected chi connectivity index (χ4v) is 3.29. The van der Waals surface area contributed by atoms with E-state index in [4.69, 9.17) is 4.74 Å². The summed E-state index contributed by atoms with van der Waals surface area (Å²) in [4.78, 5) is 28.0. The highest BCUT2D eigenvalue weighted by Gasteiger charge is 2.25. The largest absolute Gasteiger partial charge is 0.475 e. The average molecular weight is 385 g/mol. The van der Waals surface area contributed by atoms with Gasteiger partial charge in [0.1, 0.15) is 0 Å². The Bertz CT molecular complexity index is 846. The van der Waals surface area contributed by atoms with Gasteiger partial charge in [0.25, 0.3) is 5.91 Å². The smallest absolute Gasteiger partial charge is 0.255 e. The molecule has 0 saturated heterocycles. The summed E-state index contributed by atoms with van der Waals surface area (Å²) >= 11 is 0. The molecule has 2 amide bonds. The zero-order chi connectivity index (χ0) is 20.1. The normalized spacial score (nSPS) is 15.8. The molecule has 8 heteroatoms. The highest BCUT2D eigenvalue weighted by atomic mass is 16.5. The van der Waals surface area contributed by atoms with E-state index in [-0.39, 0.29) is 17.9 Å². The average Bonchev–Trinajstić information content (AvgIpc) is 3.07. The lowest BCUT2D eigenvalue weighted by molar-refractivity contribution is -0.119. The van der Waals surface area contributed by atoms with E-state index in [9.17, 15) is 9.59 Å². The number of amides is 2. The lowest BCUT2D eigenvalue weighted by atomic mass is 9.94. The van der Waals surface area contributed by atoms with Crippen molar-refractivity contribution in [1.82, 2.24) is 25.4 Å². The van der Waals surface area contributed by atoms with Crippen molar-refractivity contribution >= 4 is 11.8 Å². The first kappa shape index (κ1) is 19.9. The van der Waals surface area contributed by atoms with Crippen LogP contribution in [0.25, 0.3) is 0 Å². The molecule has 0 saturated carbocycles. The quantitative estimate of drug-likeness (QED) is 0.756. The van der Waals surface area contributed by atoms with E-state index < -0.39 is 0 Å². The van der Waals surface area contributed by atoms with Gasteiger partial charge in [-0.15, -0.1) is 0 Å². The molecule has 8 nitrogen and oxygen atoms in total. The highest BCUT2D eigenvalue weighted by molar-refractivity contribution is 5.95. The molecule has 2 N–H and O–H groups in total. The highest BCUT2D eigenvalue weighted by Crippen LogP contribution is 2.23. The number of aryl methyl sites for hydroxylation is 1. The van der Waals surface area contributed by atoms with Crippen LogP contribution in [-0.2, 0) is 24.3 Å². The van der Waals surface area contributed by atoms with E-state index in [1.807, 2.05) is 30.7 Å². The molecule has 1 aliphatic rings. The van der Waals surface area contributed by atoms with Gasteiger partial charge in [-0.2, -0.15) is 5.10 Å². The number of aromatic nitrogens is 3. The third kappa shape index (κ3) is 5.09. The molecule has 1 aliphatic heterocycles. The number of hydrogen-bond donors (Lipinski definition) is 2. The van der Waals surface area contributed by atoms with E-state index in [2.05, 4.69) is 20.7 Å². The number of nitrogens with one attached hydrogen (secondary N) is 2. The van der Waals surface area contributed by atoms with Gasteiger partial charge in [-0.1, -0.05) is 0 Å². The number of ether oxygens (including phenoxy) is 1. The van der Waals surface area contributed by atoms with Gasteiger partial charge in [-0.25, -0.2) is 4.98 Å². The van der Waals surface area contributed by atoms with Gasteiger partial charge in [0.15, 0.2) is 0 Å². The van der Waals surface area contributed by atoms with Crippen LogP contribution in [0.2, 0.25) is 0 Å². The van der Waals surface area contributed by atoms with Crippen molar-refractivity contribution in [3.8, 4) is 5.88 Å². The zero-order valence-corrected chi connectivity index (χ0v) is 16.6. The van der Waals surface area contributed by atoms with Crippen LogP contribution in [-0.4, -0.2) is 39.2 Å². The minimum atomic E-state index is -0.149. The monoisotopic (exact) mass is 385 g/mol. The van der Waals surface area contributed by atoms with E-state index in [0.29, 0.717) is 30.5 Å². The second kappa shape index (κ2) is 8.86. The van der Waals surface area contributed by atoms with E-state index in [1.54, 1.807) is 12.4 Å². The molecule has 0 radical (unpaired) electrons. The van der Waals surface area contributed by atoms with Gasteiger partial charge < -0.3 is 15.4 Å². The first-order valence-corrected chi connectivity index (χ1v) is 9.61. The Morgan fingerprint density at radius 3 is 2.93 bits per heavy atom. The topological polar surface area (TPSA) is 98.1 Å². The Morgan fingerprint density at radius 1 is 1.36 bits per heavy atom. The second-order valence-electron chi connectivity index (χ2n) is 7.38. The maximum absolute atomic E-state index is 12.7. The molecule has 0 aromatic carbocycles. The van der Waals surface area contributed by atoms with Crippen LogP contribution in [0.15, 0.2) is 24.5 Å². The number of rotatable bonds is 7. The third-order valence-electron chi connectivity index (χ3n) is 4.67. The maximum atomic E-state index is 12.7. The van der Waals surface area contributed by atoms with Gasteiger partial charge in [0.2, 0.25) is 11.8 Å². The van der Waals surface area contributed by atoms with Crippen LogP contribution in [0, 0.1) is 5.92 Å². The summed E-state index contributed by atoms with van der Waals surface area (Å²) < 4.78 is 7.48. The molecule has 28 heavy (non-hydrogen) atoms. The minimum absolute atomic E-state index is 0.0322. The van der Waals surface area contributed by atoms with Crippen LogP contribution < -0.4 is 15.4 Å². The van der Waals surface area contributed by atoms with Crippen molar-refractivity contribution in [3.63, 3.8) is 0 Å². The predicted molar refractivity (Wildman–Crippen MR) is 104 cm³/mol. The lowest BCUT2D eigenvalue weighted by Crippen LogP contribution is -2.33. The van der Waals surface area contributed by atoms with E-state index in [0.717, 1.165) is 30.6 Å². The summed E-state index contributed by atoms with van der Waals surface area (Å²) in [5.74, 6) is 0.681. The Morgan fingerprint density at radius 2 is 2.18 bits per heavy atom. The number of nitrogens with zero attached hydrogens (tertiary/aromatic N) is 3. The molecule has 0 fully saturated rings. The summed E-state index contributed by atoms with van der Waals surface area (Å²) in [5.41, 5.74) is 2.45. The lowest BCUT2D eigenvalue weighted by Gasteiger charge is -2.24.